The average Bonchev–Trinajstić information content (AvgIpc) is 3.36. The fraction of sp³-hybridized carbons (Fsp3) is 0.231. The monoisotopic (exact) mass is 503 g/mol. The van der Waals surface area contributed by atoms with Gasteiger partial charge in [-0.15, -0.1) is 0 Å². The summed E-state index contributed by atoms with van der Waals surface area (Å²) >= 11 is 0. The molecule has 2 unspecified atom stereocenters. The number of hydrogen-bond acceptors (Lipinski definition) is 8. The molecule has 2 aromatic carbocycles. The van der Waals surface area contributed by atoms with Crippen molar-refractivity contribution in [3.05, 3.63) is 94.2 Å². The van der Waals surface area contributed by atoms with E-state index < -0.39 is 23.0 Å². The molecule has 4 rings (SSSR count). The summed E-state index contributed by atoms with van der Waals surface area (Å²) in [5.41, 5.74) is 2.90. The Kier molecular flexibility index (Phi) is 7.84. The number of carbonyl (C=O) groups is 2. The standard InChI is InChI=1S/C26H25N5O6/c1-37-29-20-14-23(25(33)28-15-24(32)18-9-11-21(12-10-18)31(35)36)30(16-20)26(34)19-7-5-17(6-8-19)22-4-2-3-13-27-22/h2-13,23-24,32H,14-16H2,1H3,(H,28,33)/b29-20+. The highest BCUT2D eigenvalue weighted by atomic mass is 16.6. The topological polar surface area (TPSA) is 147 Å². The van der Waals surface area contributed by atoms with Crippen molar-refractivity contribution >= 4 is 23.2 Å². The van der Waals surface area contributed by atoms with Crippen LogP contribution in [0.3, 0.4) is 0 Å². The maximum Gasteiger partial charge on any atom is 0.269 e. The molecule has 0 radical (unpaired) electrons. The first-order valence-electron chi connectivity index (χ1n) is 11.5. The van der Waals surface area contributed by atoms with Crippen LogP contribution >= 0.6 is 0 Å². The molecule has 11 heteroatoms. The molecule has 2 N–H and O–H groups in total. The van der Waals surface area contributed by atoms with Gasteiger partial charge in [-0.1, -0.05) is 23.4 Å². The zero-order valence-corrected chi connectivity index (χ0v) is 20.0. The van der Waals surface area contributed by atoms with Gasteiger partial charge in [-0.2, -0.15) is 0 Å². The minimum atomic E-state index is -1.08. The summed E-state index contributed by atoms with van der Waals surface area (Å²) in [5, 5.41) is 27.9. The fourth-order valence-corrected chi connectivity index (χ4v) is 4.08. The molecule has 1 fully saturated rings. The van der Waals surface area contributed by atoms with Gasteiger partial charge >= 0.3 is 0 Å². The number of amides is 2. The van der Waals surface area contributed by atoms with E-state index in [9.17, 15) is 24.8 Å². The number of aromatic nitrogens is 1. The van der Waals surface area contributed by atoms with Crippen LogP contribution in [0.1, 0.15) is 28.4 Å². The van der Waals surface area contributed by atoms with Crippen LogP contribution in [0.4, 0.5) is 5.69 Å². The minimum absolute atomic E-state index is 0.0990. The first kappa shape index (κ1) is 25.5. The average molecular weight is 504 g/mol. The molecule has 190 valence electrons. The second-order valence-electron chi connectivity index (χ2n) is 8.39. The molecule has 2 atom stereocenters. The van der Waals surface area contributed by atoms with Gasteiger partial charge in [0, 0.05) is 42.4 Å². The van der Waals surface area contributed by atoms with E-state index in [-0.39, 0.29) is 31.1 Å². The van der Waals surface area contributed by atoms with Crippen LogP contribution in [-0.2, 0) is 9.63 Å². The van der Waals surface area contributed by atoms with Gasteiger partial charge < -0.3 is 20.2 Å². The smallest absolute Gasteiger partial charge is 0.269 e. The maximum atomic E-state index is 13.3. The van der Waals surface area contributed by atoms with E-state index in [1.165, 1.54) is 36.3 Å². The normalized spacial score (nSPS) is 16.9. The van der Waals surface area contributed by atoms with Crippen molar-refractivity contribution in [3.8, 4) is 11.3 Å². The summed E-state index contributed by atoms with van der Waals surface area (Å²) < 4.78 is 0. The highest BCUT2D eigenvalue weighted by molar-refractivity contribution is 6.05. The van der Waals surface area contributed by atoms with E-state index in [0.29, 0.717) is 16.8 Å². The van der Waals surface area contributed by atoms with Gasteiger partial charge in [0.05, 0.1) is 29.0 Å². The molecular formula is C26H25N5O6. The molecule has 0 spiro atoms. The number of nitro benzene ring substituents is 1. The Morgan fingerprint density at radius 2 is 1.92 bits per heavy atom. The van der Waals surface area contributed by atoms with Crippen LogP contribution in [0.25, 0.3) is 11.3 Å². The Morgan fingerprint density at radius 1 is 1.19 bits per heavy atom. The van der Waals surface area contributed by atoms with Crippen LogP contribution in [0.2, 0.25) is 0 Å². The number of aliphatic hydroxyl groups is 1. The number of nitrogens with zero attached hydrogens (tertiary/aromatic N) is 4. The van der Waals surface area contributed by atoms with Gasteiger partial charge in [0.15, 0.2) is 0 Å². The Balaban J connectivity index is 1.45. The first-order valence-corrected chi connectivity index (χ1v) is 11.5. The molecule has 1 aromatic heterocycles. The van der Waals surface area contributed by atoms with Crippen molar-refractivity contribution in [2.75, 3.05) is 20.2 Å². The van der Waals surface area contributed by atoms with Crippen molar-refractivity contribution < 1.29 is 24.5 Å². The molecule has 3 aromatic rings. The van der Waals surface area contributed by atoms with Crippen LogP contribution in [-0.4, -0.2) is 63.7 Å². The second kappa shape index (κ2) is 11.4. The molecule has 0 saturated carbocycles. The third-order valence-electron chi connectivity index (χ3n) is 5.99. The quantitative estimate of drug-likeness (QED) is 0.355. The Bertz CT molecular complexity index is 1300. The number of aliphatic hydroxyl groups excluding tert-OH is 1. The van der Waals surface area contributed by atoms with Crippen LogP contribution in [0.15, 0.2) is 78.1 Å². The first-order chi connectivity index (χ1) is 17.9. The van der Waals surface area contributed by atoms with E-state index in [4.69, 9.17) is 4.84 Å². The predicted octanol–water partition coefficient (Wildman–Crippen LogP) is 2.72. The highest BCUT2D eigenvalue weighted by Crippen LogP contribution is 2.23. The van der Waals surface area contributed by atoms with Gasteiger partial charge in [-0.25, -0.2) is 0 Å². The minimum Gasteiger partial charge on any atom is -0.399 e. The molecule has 0 bridgehead atoms. The number of nitrogens with one attached hydrogen (secondary N) is 1. The number of likely N-dealkylation sites (tertiary alicyclic amines) is 1. The van der Waals surface area contributed by atoms with Crippen molar-refractivity contribution in [2.45, 2.75) is 18.6 Å². The number of pyridine rings is 1. The number of hydrogen-bond donors (Lipinski definition) is 2. The zero-order valence-electron chi connectivity index (χ0n) is 20.0. The van der Waals surface area contributed by atoms with Crippen LogP contribution in [0.5, 0.6) is 0 Å². The third-order valence-corrected chi connectivity index (χ3v) is 5.99. The lowest BCUT2D eigenvalue weighted by Gasteiger charge is -2.24. The largest absolute Gasteiger partial charge is 0.399 e. The second-order valence-corrected chi connectivity index (χ2v) is 8.39. The van der Waals surface area contributed by atoms with Crippen LogP contribution < -0.4 is 5.32 Å². The summed E-state index contributed by atoms with van der Waals surface area (Å²) in [6.07, 6.45) is 0.795. The number of nitro groups is 1. The van der Waals surface area contributed by atoms with Crippen molar-refractivity contribution in [1.82, 2.24) is 15.2 Å². The lowest BCUT2D eigenvalue weighted by atomic mass is 10.1. The highest BCUT2D eigenvalue weighted by Gasteiger charge is 2.38. The molecule has 37 heavy (non-hydrogen) atoms. The van der Waals surface area contributed by atoms with E-state index in [1.54, 1.807) is 30.5 Å². The zero-order chi connectivity index (χ0) is 26.4. The summed E-state index contributed by atoms with van der Waals surface area (Å²) in [6, 6.07) is 17.1. The summed E-state index contributed by atoms with van der Waals surface area (Å²) in [6.45, 7) is -0.0115. The van der Waals surface area contributed by atoms with Gasteiger partial charge in [0.1, 0.15) is 13.2 Å². The molecular weight excluding hydrogens is 478 g/mol. The fourth-order valence-electron chi connectivity index (χ4n) is 4.08. The number of rotatable bonds is 8. The molecule has 1 saturated heterocycles. The molecule has 2 heterocycles. The number of carbonyl (C=O) groups excluding carboxylic acids is 2. The molecule has 11 nitrogen and oxygen atoms in total. The van der Waals surface area contributed by atoms with Crippen LogP contribution in [0, 0.1) is 10.1 Å². The Hall–Kier alpha value is -4.64. The van der Waals surface area contributed by atoms with Crippen molar-refractivity contribution in [1.29, 1.82) is 0 Å². The SMILES string of the molecule is CO/N=C1\CC(C(=O)NCC(O)c2ccc([N+](=O)[O-])cc2)N(C(=O)c2ccc(-c3ccccn3)cc2)C1. The maximum absolute atomic E-state index is 13.3. The number of oxime groups is 1. The van der Waals surface area contributed by atoms with Gasteiger partial charge in [0.2, 0.25) is 5.91 Å². The van der Waals surface area contributed by atoms with E-state index in [0.717, 1.165) is 11.3 Å². The lowest BCUT2D eigenvalue weighted by molar-refractivity contribution is -0.384. The van der Waals surface area contributed by atoms with E-state index in [1.807, 2.05) is 18.2 Å². The van der Waals surface area contributed by atoms with Gasteiger partial charge in [0.25, 0.3) is 11.6 Å². The Labute approximate surface area is 212 Å². The predicted molar refractivity (Wildman–Crippen MR) is 135 cm³/mol. The van der Waals surface area contributed by atoms with Crippen molar-refractivity contribution in [2.24, 2.45) is 5.16 Å². The number of benzene rings is 2. The summed E-state index contributed by atoms with van der Waals surface area (Å²) in [7, 11) is 1.39. The molecule has 2 amide bonds. The Morgan fingerprint density at radius 3 is 2.54 bits per heavy atom. The van der Waals surface area contributed by atoms with E-state index >= 15 is 0 Å². The van der Waals surface area contributed by atoms with Gasteiger partial charge in [-0.3, -0.25) is 24.7 Å². The number of non-ortho nitro benzene ring substituents is 1. The summed E-state index contributed by atoms with van der Waals surface area (Å²) in [4.78, 5) is 47.3. The summed E-state index contributed by atoms with van der Waals surface area (Å²) in [5.74, 6) is -0.800. The van der Waals surface area contributed by atoms with E-state index in [2.05, 4.69) is 15.5 Å². The van der Waals surface area contributed by atoms with Crippen molar-refractivity contribution in [3.63, 3.8) is 0 Å². The molecule has 0 aliphatic carbocycles. The molecule has 1 aliphatic rings. The lowest BCUT2D eigenvalue weighted by Crippen LogP contribution is -2.46. The molecule has 1 aliphatic heterocycles. The third kappa shape index (κ3) is 5.96. The van der Waals surface area contributed by atoms with Gasteiger partial charge in [-0.05, 0) is 42.0 Å².